The average molecular weight is 403 g/mol. The van der Waals surface area contributed by atoms with E-state index in [2.05, 4.69) is 20.6 Å². The van der Waals surface area contributed by atoms with Crippen LogP contribution < -0.4 is 27.8 Å². The molecule has 2 aromatic rings. The smallest absolute Gasteiger partial charge is 0.263 e. The first-order chi connectivity index (χ1) is 13.2. The van der Waals surface area contributed by atoms with Crippen molar-refractivity contribution in [2.45, 2.75) is 19.8 Å². The predicted molar refractivity (Wildman–Crippen MR) is 107 cm³/mol. The molecule has 3 amide bonds. The molecule has 1 aromatic heterocycles. The molecule has 0 saturated carbocycles. The van der Waals surface area contributed by atoms with E-state index in [1.165, 1.54) is 6.92 Å². The van der Waals surface area contributed by atoms with E-state index >= 15 is 0 Å². The summed E-state index contributed by atoms with van der Waals surface area (Å²) in [7, 11) is 0. The number of anilines is 1. The van der Waals surface area contributed by atoms with E-state index in [9.17, 15) is 14.4 Å². The summed E-state index contributed by atoms with van der Waals surface area (Å²) >= 11 is 1.04. The molecule has 1 heterocycles. The van der Waals surface area contributed by atoms with Gasteiger partial charge in [-0.15, -0.1) is 0 Å². The Balaban J connectivity index is 2.14. The second-order valence-electron chi connectivity index (χ2n) is 5.83. The number of carbonyl (C=O) groups excluding carboxylic acids is 3. The first-order valence-corrected chi connectivity index (χ1v) is 9.08. The quantitative estimate of drug-likeness (QED) is 0.306. The average Bonchev–Trinajstić information content (AvgIpc) is 3.00. The van der Waals surface area contributed by atoms with Crippen molar-refractivity contribution in [1.82, 2.24) is 10.3 Å². The third-order valence-corrected chi connectivity index (χ3v) is 4.47. The lowest BCUT2D eigenvalue weighted by molar-refractivity contribution is -0.117. The zero-order chi connectivity index (χ0) is 20.7. The third kappa shape index (κ3) is 6.36. The van der Waals surface area contributed by atoms with Crippen molar-refractivity contribution < 1.29 is 14.4 Å². The number of nitrogens with two attached hydrogens (primary N) is 3. The summed E-state index contributed by atoms with van der Waals surface area (Å²) in [4.78, 5) is 43.1. The maximum absolute atomic E-state index is 12.3. The molecule has 10 nitrogen and oxygen atoms in total. The van der Waals surface area contributed by atoms with Gasteiger partial charge in [0.2, 0.25) is 11.8 Å². The Morgan fingerprint density at radius 3 is 2.36 bits per heavy atom. The van der Waals surface area contributed by atoms with E-state index in [4.69, 9.17) is 17.2 Å². The molecule has 0 spiro atoms. The molecule has 0 unspecified atom stereocenters. The van der Waals surface area contributed by atoms with Crippen LogP contribution in [0.4, 0.5) is 10.8 Å². The Morgan fingerprint density at radius 2 is 1.79 bits per heavy atom. The maximum Gasteiger partial charge on any atom is 0.263 e. The monoisotopic (exact) mass is 403 g/mol. The lowest BCUT2D eigenvalue weighted by Crippen LogP contribution is -2.33. The minimum atomic E-state index is -0.651. The lowest BCUT2D eigenvalue weighted by Gasteiger charge is -2.04. The van der Waals surface area contributed by atoms with Crippen molar-refractivity contribution in [3.8, 4) is 0 Å². The Labute approximate surface area is 165 Å². The number of thiazole rings is 1. The number of rotatable bonds is 8. The van der Waals surface area contributed by atoms with Gasteiger partial charge >= 0.3 is 0 Å². The van der Waals surface area contributed by atoms with Crippen LogP contribution in [0.1, 0.15) is 27.9 Å². The second kappa shape index (κ2) is 9.46. The molecule has 0 aliphatic carbocycles. The van der Waals surface area contributed by atoms with Crippen LogP contribution in [0, 0.1) is 0 Å². The molecule has 0 fully saturated rings. The minimum absolute atomic E-state index is 0.0210. The van der Waals surface area contributed by atoms with Gasteiger partial charge in [-0.25, -0.2) is 9.98 Å². The van der Waals surface area contributed by atoms with Gasteiger partial charge in [0.15, 0.2) is 11.1 Å². The molecule has 0 radical (unpaired) electrons. The van der Waals surface area contributed by atoms with Crippen LogP contribution in [-0.4, -0.2) is 35.2 Å². The molecule has 8 N–H and O–H groups in total. The Morgan fingerprint density at radius 1 is 1.11 bits per heavy atom. The molecule has 0 bridgehead atoms. The number of carbonyl (C=O) groups is 3. The van der Waals surface area contributed by atoms with Gasteiger partial charge in [0.05, 0.1) is 17.9 Å². The summed E-state index contributed by atoms with van der Waals surface area (Å²) in [5, 5.41) is 5.32. The first kappa shape index (κ1) is 20.8. The Bertz CT molecular complexity index is 902. The molecule has 0 aliphatic rings. The fourth-order valence-electron chi connectivity index (χ4n) is 2.30. The van der Waals surface area contributed by atoms with Gasteiger partial charge in [0.25, 0.3) is 5.91 Å². The second-order valence-corrected chi connectivity index (χ2v) is 6.83. The van der Waals surface area contributed by atoms with Crippen LogP contribution in [0.15, 0.2) is 29.3 Å². The van der Waals surface area contributed by atoms with Crippen LogP contribution in [0.2, 0.25) is 0 Å². The van der Waals surface area contributed by atoms with Crippen molar-refractivity contribution in [3.05, 3.63) is 40.4 Å². The summed E-state index contributed by atoms with van der Waals surface area (Å²) in [5.41, 5.74) is 17.9. The maximum atomic E-state index is 12.3. The molecule has 11 heteroatoms. The number of amides is 3. The number of aryl methyl sites for hydroxylation is 2. The summed E-state index contributed by atoms with van der Waals surface area (Å²) in [5.74, 6) is -1.43. The van der Waals surface area contributed by atoms with Gasteiger partial charge in [-0.05, 0) is 30.5 Å². The minimum Gasteiger partial charge on any atom is -0.370 e. The molecule has 2 rings (SSSR count). The zero-order valence-corrected chi connectivity index (χ0v) is 16.0. The molecular formula is C17H21N7O3S. The summed E-state index contributed by atoms with van der Waals surface area (Å²) in [6, 6.07) is 7.30. The highest BCUT2D eigenvalue weighted by Gasteiger charge is 2.19. The Kier molecular flexibility index (Phi) is 7.04. The molecule has 0 saturated heterocycles. The van der Waals surface area contributed by atoms with Gasteiger partial charge in [-0.3, -0.25) is 14.4 Å². The third-order valence-electron chi connectivity index (χ3n) is 3.45. The van der Waals surface area contributed by atoms with Gasteiger partial charge in [-0.2, -0.15) is 0 Å². The van der Waals surface area contributed by atoms with Crippen LogP contribution >= 0.6 is 11.3 Å². The summed E-state index contributed by atoms with van der Waals surface area (Å²) in [6.45, 7) is 1.07. The Hall–Kier alpha value is -3.47. The van der Waals surface area contributed by atoms with Crippen molar-refractivity contribution >= 4 is 45.8 Å². The fourth-order valence-corrected chi connectivity index (χ4v) is 3.27. The zero-order valence-electron chi connectivity index (χ0n) is 15.2. The molecule has 1 aromatic carbocycles. The normalized spacial score (nSPS) is 10.2. The van der Waals surface area contributed by atoms with E-state index in [0.717, 1.165) is 16.9 Å². The van der Waals surface area contributed by atoms with E-state index in [1.54, 1.807) is 12.1 Å². The van der Waals surface area contributed by atoms with Crippen molar-refractivity contribution in [3.63, 3.8) is 0 Å². The number of nitrogens with zero attached hydrogens (tertiary/aromatic N) is 2. The van der Waals surface area contributed by atoms with Gasteiger partial charge in [0, 0.05) is 6.92 Å². The molecule has 0 atom stereocenters. The van der Waals surface area contributed by atoms with Crippen molar-refractivity contribution in [2.75, 3.05) is 11.9 Å². The topological polar surface area (TPSA) is 179 Å². The number of aromatic nitrogens is 1. The number of nitrogens with one attached hydrogen (secondary N) is 2. The molecule has 0 aliphatic heterocycles. The van der Waals surface area contributed by atoms with E-state index in [-0.39, 0.29) is 18.4 Å². The summed E-state index contributed by atoms with van der Waals surface area (Å²) in [6.07, 6.45) is 1.05. The highest BCUT2D eigenvalue weighted by molar-refractivity contribution is 7.17. The van der Waals surface area contributed by atoms with Crippen LogP contribution in [-0.2, 0) is 22.4 Å². The van der Waals surface area contributed by atoms with Gasteiger partial charge < -0.3 is 27.8 Å². The highest BCUT2D eigenvalue weighted by atomic mass is 32.1. The molecule has 148 valence electrons. The number of aliphatic imine (C=N–C) groups is 1. The lowest BCUT2D eigenvalue weighted by atomic mass is 10.1. The first-order valence-electron chi connectivity index (χ1n) is 8.27. The van der Waals surface area contributed by atoms with Crippen molar-refractivity contribution in [1.29, 1.82) is 0 Å². The highest BCUT2D eigenvalue weighted by Crippen LogP contribution is 2.25. The van der Waals surface area contributed by atoms with Crippen LogP contribution in [0.25, 0.3) is 0 Å². The fraction of sp³-hybridized carbons (Fsp3) is 0.235. The largest absolute Gasteiger partial charge is 0.370 e. The van der Waals surface area contributed by atoms with E-state index in [0.29, 0.717) is 34.2 Å². The molecular weight excluding hydrogens is 382 g/mol. The number of hydrogen-bond donors (Lipinski definition) is 5. The number of primary amides is 1. The van der Waals surface area contributed by atoms with E-state index < -0.39 is 11.8 Å². The standard InChI is InChI=1S/C17H21N7O3S/c1-9(25)22-17-24-12(14(28-17)15(27)21-8-13(18)26)7-4-10-2-5-11(6-3-10)23-16(19)20/h2-3,5-6H,4,7-8H2,1H3,(H2,18,26)(H,21,27)(H4,19,20,23)(H,22,24,25). The summed E-state index contributed by atoms with van der Waals surface area (Å²) < 4.78 is 0. The number of hydrogen-bond acceptors (Lipinski definition) is 6. The van der Waals surface area contributed by atoms with Crippen molar-refractivity contribution in [2.24, 2.45) is 22.2 Å². The predicted octanol–water partition coefficient (Wildman–Crippen LogP) is 0.00670. The van der Waals surface area contributed by atoms with Gasteiger partial charge in [0.1, 0.15) is 4.88 Å². The number of benzene rings is 1. The molecule has 28 heavy (non-hydrogen) atoms. The van der Waals surface area contributed by atoms with Gasteiger partial charge in [-0.1, -0.05) is 23.5 Å². The number of guanidine groups is 1. The SMILES string of the molecule is CC(=O)Nc1nc(CCc2ccc(N=C(N)N)cc2)c(C(=O)NCC(N)=O)s1. The van der Waals surface area contributed by atoms with Crippen LogP contribution in [0.5, 0.6) is 0 Å². The van der Waals surface area contributed by atoms with E-state index in [1.807, 2.05) is 12.1 Å². The van der Waals surface area contributed by atoms with Crippen LogP contribution in [0.3, 0.4) is 0 Å².